The third-order valence-electron chi connectivity index (χ3n) is 2.60. The first-order valence-corrected chi connectivity index (χ1v) is 6.50. The summed E-state index contributed by atoms with van der Waals surface area (Å²) in [5, 5.41) is 2.68. The van der Waals surface area contributed by atoms with Crippen LogP contribution in [0.4, 0.5) is 5.69 Å². The summed E-state index contributed by atoms with van der Waals surface area (Å²) in [4.78, 5) is 22.7. The lowest BCUT2D eigenvalue weighted by atomic mass is 10.2. The SMILES string of the molecule is NC(=O)CCOc1ccccc1NC(=O)c1ccoc1Cl. The lowest BCUT2D eigenvalue weighted by Gasteiger charge is -2.11. The zero-order valence-corrected chi connectivity index (χ0v) is 11.7. The molecular weight excluding hydrogens is 296 g/mol. The van der Waals surface area contributed by atoms with Crippen molar-refractivity contribution in [2.75, 3.05) is 11.9 Å². The Hall–Kier alpha value is -2.47. The van der Waals surface area contributed by atoms with Gasteiger partial charge in [-0.15, -0.1) is 0 Å². The number of halogens is 1. The van der Waals surface area contributed by atoms with Crippen LogP contribution in [0.15, 0.2) is 41.0 Å². The zero-order chi connectivity index (χ0) is 15.2. The van der Waals surface area contributed by atoms with Gasteiger partial charge in [0.15, 0.2) is 0 Å². The predicted molar refractivity (Wildman–Crippen MR) is 77.4 cm³/mol. The van der Waals surface area contributed by atoms with E-state index in [-0.39, 0.29) is 23.8 Å². The van der Waals surface area contributed by atoms with E-state index in [0.717, 1.165) is 0 Å². The van der Waals surface area contributed by atoms with Crippen molar-refractivity contribution in [1.82, 2.24) is 0 Å². The summed E-state index contributed by atoms with van der Waals surface area (Å²) in [6.45, 7) is 0.134. The van der Waals surface area contributed by atoms with Crippen LogP contribution >= 0.6 is 11.6 Å². The van der Waals surface area contributed by atoms with Crippen molar-refractivity contribution < 1.29 is 18.7 Å². The molecule has 21 heavy (non-hydrogen) atoms. The highest BCUT2D eigenvalue weighted by Crippen LogP contribution is 2.26. The van der Waals surface area contributed by atoms with Crippen molar-refractivity contribution >= 4 is 29.1 Å². The Labute approximate surface area is 125 Å². The molecule has 1 aromatic heterocycles. The fraction of sp³-hybridized carbons (Fsp3) is 0.143. The Morgan fingerprint density at radius 1 is 1.29 bits per heavy atom. The maximum atomic E-state index is 12.0. The van der Waals surface area contributed by atoms with Gasteiger partial charge in [0.2, 0.25) is 11.1 Å². The first-order valence-electron chi connectivity index (χ1n) is 6.12. The standard InChI is InChI=1S/C14H13ClN2O4/c15-13-9(5-7-21-13)14(19)17-10-3-1-2-4-11(10)20-8-6-12(16)18/h1-5,7H,6,8H2,(H2,16,18)(H,17,19). The Balaban J connectivity index is 2.07. The van der Waals surface area contributed by atoms with Gasteiger partial charge in [-0.3, -0.25) is 9.59 Å². The topological polar surface area (TPSA) is 94.6 Å². The third-order valence-corrected chi connectivity index (χ3v) is 2.90. The van der Waals surface area contributed by atoms with Crippen molar-refractivity contribution in [2.45, 2.75) is 6.42 Å². The van der Waals surface area contributed by atoms with Crippen LogP contribution in [0.3, 0.4) is 0 Å². The van der Waals surface area contributed by atoms with Crippen LogP contribution in [0.1, 0.15) is 16.8 Å². The molecule has 0 saturated carbocycles. The molecule has 0 bridgehead atoms. The molecule has 2 aromatic rings. The number of para-hydroxylation sites is 2. The van der Waals surface area contributed by atoms with Gasteiger partial charge in [0, 0.05) is 0 Å². The average Bonchev–Trinajstić information content (AvgIpc) is 2.86. The lowest BCUT2D eigenvalue weighted by Crippen LogP contribution is -2.16. The second-order valence-corrected chi connectivity index (χ2v) is 4.47. The molecule has 7 heteroatoms. The third kappa shape index (κ3) is 4.00. The number of hydrogen-bond donors (Lipinski definition) is 2. The van der Waals surface area contributed by atoms with E-state index in [0.29, 0.717) is 11.4 Å². The van der Waals surface area contributed by atoms with Crippen LogP contribution in [-0.4, -0.2) is 18.4 Å². The number of furan rings is 1. The van der Waals surface area contributed by atoms with Gasteiger partial charge in [-0.2, -0.15) is 0 Å². The average molecular weight is 309 g/mol. The normalized spacial score (nSPS) is 10.1. The Bertz CT molecular complexity index is 654. The molecule has 0 aliphatic rings. The highest BCUT2D eigenvalue weighted by molar-refractivity contribution is 6.32. The van der Waals surface area contributed by atoms with E-state index < -0.39 is 11.8 Å². The fourth-order valence-corrected chi connectivity index (χ4v) is 1.80. The van der Waals surface area contributed by atoms with Gasteiger partial charge in [-0.1, -0.05) is 12.1 Å². The van der Waals surface area contributed by atoms with Crippen molar-refractivity contribution in [3.63, 3.8) is 0 Å². The van der Waals surface area contributed by atoms with Crippen LogP contribution < -0.4 is 15.8 Å². The van der Waals surface area contributed by atoms with Gasteiger partial charge in [0.05, 0.1) is 30.5 Å². The van der Waals surface area contributed by atoms with Crippen molar-refractivity contribution in [1.29, 1.82) is 0 Å². The summed E-state index contributed by atoms with van der Waals surface area (Å²) in [6, 6.07) is 8.31. The maximum Gasteiger partial charge on any atom is 0.260 e. The second-order valence-electron chi connectivity index (χ2n) is 4.12. The number of carbonyl (C=O) groups excluding carboxylic acids is 2. The number of ether oxygens (including phenoxy) is 1. The number of nitrogens with one attached hydrogen (secondary N) is 1. The van der Waals surface area contributed by atoms with E-state index in [1.165, 1.54) is 12.3 Å². The first kappa shape index (κ1) is 14.9. The van der Waals surface area contributed by atoms with E-state index in [9.17, 15) is 9.59 Å². The summed E-state index contributed by atoms with van der Waals surface area (Å²) in [6.07, 6.45) is 1.42. The number of primary amides is 1. The molecular formula is C14H13ClN2O4. The van der Waals surface area contributed by atoms with Gasteiger partial charge in [-0.05, 0) is 29.8 Å². The molecule has 0 atom stereocenters. The summed E-state index contributed by atoms with van der Waals surface area (Å²) in [5.74, 6) is -0.437. The van der Waals surface area contributed by atoms with Crippen LogP contribution in [0.25, 0.3) is 0 Å². The minimum atomic E-state index is -0.457. The smallest absolute Gasteiger partial charge is 0.260 e. The first-order chi connectivity index (χ1) is 10.1. The summed E-state index contributed by atoms with van der Waals surface area (Å²) < 4.78 is 10.3. The molecule has 3 N–H and O–H groups in total. The summed E-state index contributed by atoms with van der Waals surface area (Å²) in [7, 11) is 0. The number of rotatable bonds is 6. The van der Waals surface area contributed by atoms with Gasteiger partial charge >= 0.3 is 0 Å². The number of anilines is 1. The number of carbonyl (C=O) groups is 2. The summed E-state index contributed by atoms with van der Waals surface area (Å²) >= 11 is 5.75. The quantitative estimate of drug-likeness (QED) is 0.857. The van der Waals surface area contributed by atoms with Crippen LogP contribution in [0.5, 0.6) is 5.75 Å². The van der Waals surface area contributed by atoms with E-state index in [1.807, 2.05) is 0 Å². The second kappa shape index (κ2) is 6.81. The van der Waals surface area contributed by atoms with Crippen molar-refractivity contribution in [2.24, 2.45) is 5.73 Å². The molecule has 0 aliphatic carbocycles. The molecule has 2 rings (SSSR count). The molecule has 0 unspecified atom stereocenters. The fourth-order valence-electron chi connectivity index (χ4n) is 1.60. The minimum Gasteiger partial charge on any atom is -0.491 e. The van der Waals surface area contributed by atoms with Gasteiger partial charge in [-0.25, -0.2) is 0 Å². The van der Waals surface area contributed by atoms with Crippen LogP contribution in [-0.2, 0) is 4.79 Å². The zero-order valence-electron chi connectivity index (χ0n) is 11.0. The number of amides is 2. The summed E-state index contributed by atoms with van der Waals surface area (Å²) in [5.41, 5.74) is 5.73. The number of nitrogens with two attached hydrogens (primary N) is 1. The molecule has 0 spiro atoms. The number of benzene rings is 1. The van der Waals surface area contributed by atoms with Crippen LogP contribution in [0, 0.1) is 0 Å². The minimum absolute atomic E-state index is 0.0135. The van der Waals surface area contributed by atoms with Gasteiger partial charge < -0.3 is 20.2 Å². The number of hydrogen-bond acceptors (Lipinski definition) is 4. The predicted octanol–water partition coefficient (Wildman–Crippen LogP) is 2.44. The molecule has 1 heterocycles. The largest absolute Gasteiger partial charge is 0.491 e. The van der Waals surface area contributed by atoms with E-state index >= 15 is 0 Å². The molecule has 110 valence electrons. The Morgan fingerprint density at radius 3 is 2.71 bits per heavy atom. The Morgan fingerprint density at radius 2 is 2.05 bits per heavy atom. The van der Waals surface area contributed by atoms with Crippen LogP contribution in [0.2, 0.25) is 5.22 Å². The van der Waals surface area contributed by atoms with Gasteiger partial charge in [0.1, 0.15) is 5.75 Å². The molecule has 6 nitrogen and oxygen atoms in total. The molecule has 1 aromatic carbocycles. The molecule has 0 saturated heterocycles. The molecule has 0 radical (unpaired) electrons. The van der Waals surface area contributed by atoms with E-state index in [4.69, 9.17) is 26.5 Å². The van der Waals surface area contributed by atoms with Crippen molar-refractivity contribution in [3.8, 4) is 5.75 Å². The van der Waals surface area contributed by atoms with Gasteiger partial charge in [0.25, 0.3) is 5.91 Å². The highest BCUT2D eigenvalue weighted by atomic mass is 35.5. The van der Waals surface area contributed by atoms with Crippen molar-refractivity contribution in [3.05, 3.63) is 47.4 Å². The lowest BCUT2D eigenvalue weighted by molar-refractivity contribution is -0.118. The van der Waals surface area contributed by atoms with E-state index in [2.05, 4.69) is 5.32 Å². The monoisotopic (exact) mass is 308 g/mol. The highest BCUT2D eigenvalue weighted by Gasteiger charge is 2.15. The Kier molecular flexibility index (Phi) is 4.84. The maximum absolute atomic E-state index is 12.0. The molecule has 2 amide bonds. The van der Waals surface area contributed by atoms with E-state index in [1.54, 1.807) is 24.3 Å². The molecule has 0 aliphatic heterocycles. The molecule has 0 fully saturated rings.